The van der Waals surface area contributed by atoms with Crippen LogP contribution >= 0.6 is 0 Å². The summed E-state index contributed by atoms with van der Waals surface area (Å²) in [5, 5.41) is 9.10. The summed E-state index contributed by atoms with van der Waals surface area (Å²) >= 11 is 0. The van der Waals surface area contributed by atoms with Gasteiger partial charge in [0.05, 0.1) is 5.92 Å². The van der Waals surface area contributed by atoms with Gasteiger partial charge in [0.15, 0.2) is 5.69 Å². The first-order valence-corrected chi connectivity index (χ1v) is 9.83. The van der Waals surface area contributed by atoms with Gasteiger partial charge in [-0.2, -0.15) is 0 Å². The van der Waals surface area contributed by atoms with Crippen molar-refractivity contribution >= 4 is 12.1 Å². The minimum atomic E-state index is -1.12. The molecule has 0 saturated carbocycles. The molecule has 152 valence electrons. The quantitative estimate of drug-likeness (QED) is 0.706. The summed E-state index contributed by atoms with van der Waals surface area (Å²) in [6.45, 7) is 2.64. The van der Waals surface area contributed by atoms with Gasteiger partial charge in [0, 0.05) is 19.0 Å². The number of rotatable bonds is 4. The minimum absolute atomic E-state index is 0.0194. The number of likely N-dealkylation sites (tertiary alicyclic amines) is 1. The maximum absolute atomic E-state index is 12.5. The Morgan fingerprint density at radius 2 is 1.70 bits per heavy atom. The van der Waals surface area contributed by atoms with Crippen molar-refractivity contribution in [2.24, 2.45) is 0 Å². The Morgan fingerprint density at radius 3 is 2.27 bits per heavy atom. The first-order valence-electron chi connectivity index (χ1n) is 9.83. The van der Waals surface area contributed by atoms with E-state index in [2.05, 4.69) is 29.2 Å². The van der Waals surface area contributed by atoms with E-state index in [1.54, 1.807) is 11.8 Å². The summed E-state index contributed by atoms with van der Waals surface area (Å²) in [5.41, 5.74) is 4.64. The lowest BCUT2D eigenvalue weighted by atomic mass is 9.98. The van der Waals surface area contributed by atoms with Crippen molar-refractivity contribution in [2.75, 3.05) is 19.7 Å². The number of ether oxygens (including phenoxy) is 1. The third kappa shape index (κ3) is 2.94. The molecular formula is C23H20N2O5. The predicted octanol–water partition coefficient (Wildman–Crippen LogP) is 4.03. The number of nitrogens with zero attached hydrogens (tertiary/aromatic N) is 2. The third-order valence-corrected chi connectivity index (χ3v) is 5.84. The van der Waals surface area contributed by atoms with Gasteiger partial charge in [-0.3, -0.25) is 0 Å². The summed E-state index contributed by atoms with van der Waals surface area (Å²) in [6, 6.07) is 16.4. The predicted molar refractivity (Wildman–Crippen MR) is 108 cm³/mol. The second-order valence-corrected chi connectivity index (χ2v) is 7.67. The number of aromatic carboxylic acids is 1. The average Bonchev–Trinajstić information content (AvgIpc) is 3.24. The number of aromatic nitrogens is 1. The molecule has 1 N–H and O–H groups in total. The van der Waals surface area contributed by atoms with Crippen LogP contribution in [0.15, 0.2) is 52.9 Å². The summed E-state index contributed by atoms with van der Waals surface area (Å²) in [4.78, 5) is 29.3. The molecule has 1 saturated heterocycles. The van der Waals surface area contributed by atoms with Gasteiger partial charge in [-0.1, -0.05) is 48.5 Å². The molecule has 7 nitrogen and oxygen atoms in total. The molecule has 5 rings (SSSR count). The molecule has 3 aromatic rings. The lowest BCUT2D eigenvalue weighted by Gasteiger charge is -2.36. The highest BCUT2D eigenvalue weighted by atomic mass is 16.6. The maximum atomic E-state index is 12.5. The number of hydrogen-bond donors (Lipinski definition) is 1. The molecule has 1 aromatic heterocycles. The number of carbonyl (C=O) groups excluding carboxylic acids is 1. The van der Waals surface area contributed by atoms with E-state index in [1.165, 1.54) is 22.3 Å². The summed E-state index contributed by atoms with van der Waals surface area (Å²) in [7, 11) is 0. The van der Waals surface area contributed by atoms with Crippen molar-refractivity contribution in [2.45, 2.75) is 18.8 Å². The van der Waals surface area contributed by atoms with Crippen LogP contribution in [0.25, 0.3) is 11.1 Å². The van der Waals surface area contributed by atoms with Gasteiger partial charge in [-0.15, -0.1) is 0 Å². The molecule has 2 aromatic carbocycles. The Kier molecular flexibility index (Phi) is 4.31. The van der Waals surface area contributed by atoms with Crippen LogP contribution < -0.4 is 0 Å². The van der Waals surface area contributed by atoms with Gasteiger partial charge in [0.1, 0.15) is 12.4 Å². The molecule has 30 heavy (non-hydrogen) atoms. The number of aryl methyl sites for hydroxylation is 1. The number of oxazole rings is 1. The first-order chi connectivity index (χ1) is 14.5. The number of carboxylic acid groups (broad SMARTS) is 1. The molecule has 2 heterocycles. The van der Waals surface area contributed by atoms with Gasteiger partial charge < -0.3 is 19.2 Å². The van der Waals surface area contributed by atoms with Crippen molar-refractivity contribution in [3.05, 3.63) is 77.0 Å². The van der Waals surface area contributed by atoms with E-state index in [0.717, 1.165) is 0 Å². The maximum Gasteiger partial charge on any atom is 0.409 e. The molecule has 1 amide bonds. The van der Waals surface area contributed by atoms with E-state index in [4.69, 9.17) is 14.3 Å². The summed E-state index contributed by atoms with van der Waals surface area (Å²) in [5.74, 6) is -0.580. The van der Waals surface area contributed by atoms with E-state index in [9.17, 15) is 9.59 Å². The molecule has 7 heteroatoms. The van der Waals surface area contributed by atoms with Gasteiger partial charge in [0.25, 0.3) is 0 Å². The van der Waals surface area contributed by atoms with Gasteiger partial charge in [0.2, 0.25) is 5.89 Å². The molecule has 1 aliphatic heterocycles. The Morgan fingerprint density at radius 1 is 1.10 bits per heavy atom. The Hall–Kier alpha value is -3.61. The monoisotopic (exact) mass is 404 g/mol. The van der Waals surface area contributed by atoms with Crippen LogP contribution in [0.3, 0.4) is 0 Å². The standard InChI is InChI=1S/C23H20N2O5/c1-13-20(22(26)27)24-21(30-13)14-10-25(11-14)23(28)29-12-19-17-8-4-2-6-15(17)16-7-3-5-9-18(16)19/h2-9,14,19H,10-12H2,1H3,(H,26,27). The van der Waals surface area contributed by atoms with E-state index in [-0.39, 0.29) is 36.0 Å². The smallest absolute Gasteiger partial charge is 0.409 e. The van der Waals surface area contributed by atoms with Crippen molar-refractivity contribution in [1.82, 2.24) is 9.88 Å². The number of carboxylic acids is 1. The van der Waals surface area contributed by atoms with Crippen molar-refractivity contribution in [3.63, 3.8) is 0 Å². The fraction of sp³-hybridized carbons (Fsp3) is 0.261. The number of amides is 1. The first kappa shape index (κ1) is 18.4. The highest BCUT2D eigenvalue weighted by Crippen LogP contribution is 2.44. The molecule has 0 unspecified atom stereocenters. The van der Waals surface area contributed by atoms with Crippen LogP contribution in [0.4, 0.5) is 4.79 Å². The molecule has 2 aliphatic rings. The lowest BCUT2D eigenvalue weighted by Crippen LogP contribution is -2.49. The normalized spacial score (nSPS) is 15.4. The molecular weight excluding hydrogens is 384 g/mol. The zero-order valence-corrected chi connectivity index (χ0v) is 16.4. The van der Waals surface area contributed by atoms with E-state index in [0.29, 0.717) is 19.0 Å². The zero-order chi connectivity index (χ0) is 20.8. The van der Waals surface area contributed by atoms with Gasteiger partial charge in [-0.25, -0.2) is 14.6 Å². The number of benzene rings is 2. The van der Waals surface area contributed by atoms with Crippen LogP contribution in [0.5, 0.6) is 0 Å². The van der Waals surface area contributed by atoms with Crippen LogP contribution in [0, 0.1) is 6.92 Å². The van der Waals surface area contributed by atoms with Gasteiger partial charge >= 0.3 is 12.1 Å². The molecule has 1 aliphatic carbocycles. The largest absolute Gasteiger partial charge is 0.476 e. The number of fused-ring (bicyclic) bond motifs is 3. The van der Waals surface area contributed by atoms with Crippen LogP contribution in [0.1, 0.15) is 45.1 Å². The van der Waals surface area contributed by atoms with Gasteiger partial charge in [-0.05, 0) is 29.2 Å². The van der Waals surface area contributed by atoms with Crippen molar-refractivity contribution in [1.29, 1.82) is 0 Å². The fourth-order valence-electron chi connectivity index (χ4n) is 4.26. The molecule has 0 atom stereocenters. The van der Waals surface area contributed by atoms with Crippen molar-refractivity contribution in [3.8, 4) is 11.1 Å². The average molecular weight is 404 g/mol. The Labute approximate surface area is 172 Å². The van der Waals surface area contributed by atoms with E-state index >= 15 is 0 Å². The zero-order valence-electron chi connectivity index (χ0n) is 16.4. The van der Waals surface area contributed by atoms with E-state index < -0.39 is 5.97 Å². The molecule has 0 spiro atoms. The second kappa shape index (κ2) is 7.02. The van der Waals surface area contributed by atoms with E-state index in [1.807, 2.05) is 24.3 Å². The topological polar surface area (TPSA) is 92.9 Å². The molecule has 0 bridgehead atoms. The Balaban J connectivity index is 1.23. The molecule has 1 fully saturated rings. The summed E-state index contributed by atoms with van der Waals surface area (Å²) < 4.78 is 11.1. The Bertz CT molecular complexity index is 1100. The van der Waals surface area contributed by atoms with Crippen LogP contribution in [-0.4, -0.2) is 46.7 Å². The SMILES string of the molecule is Cc1oc(C2CN(C(=O)OCC3c4ccccc4-c4ccccc43)C2)nc1C(=O)O. The highest BCUT2D eigenvalue weighted by Gasteiger charge is 2.38. The lowest BCUT2D eigenvalue weighted by molar-refractivity contribution is 0.0642. The number of carbonyl (C=O) groups is 2. The second-order valence-electron chi connectivity index (χ2n) is 7.67. The number of hydrogen-bond acceptors (Lipinski definition) is 5. The molecule has 0 radical (unpaired) electrons. The summed E-state index contributed by atoms with van der Waals surface area (Å²) in [6.07, 6.45) is -0.380. The minimum Gasteiger partial charge on any atom is -0.476 e. The van der Waals surface area contributed by atoms with Crippen molar-refractivity contribution < 1.29 is 23.8 Å². The fourth-order valence-corrected chi connectivity index (χ4v) is 4.26. The van der Waals surface area contributed by atoms with Crippen LogP contribution in [0.2, 0.25) is 0 Å². The van der Waals surface area contributed by atoms with Crippen LogP contribution in [-0.2, 0) is 4.74 Å². The third-order valence-electron chi connectivity index (χ3n) is 5.84. The highest BCUT2D eigenvalue weighted by molar-refractivity contribution is 5.86.